The predicted octanol–water partition coefficient (Wildman–Crippen LogP) is 3.73. The van der Waals surface area contributed by atoms with Crippen molar-refractivity contribution in [3.63, 3.8) is 0 Å². The largest absolute Gasteiger partial charge is 0.379 e. The molecule has 0 radical (unpaired) electrons. The molecule has 5 heteroatoms. The molecule has 5 nitrogen and oxygen atoms in total. The van der Waals surface area contributed by atoms with Gasteiger partial charge in [-0.25, -0.2) is 0 Å². The first-order chi connectivity index (χ1) is 12.5. The second kappa shape index (κ2) is 8.78. The van der Waals surface area contributed by atoms with Crippen LogP contribution >= 0.6 is 0 Å². The van der Waals surface area contributed by atoms with Gasteiger partial charge in [0, 0.05) is 36.7 Å². The minimum atomic E-state index is 0.197. The Labute approximate surface area is 156 Å². The number of aromatic nitrogens is 2. The van der Waals surface area contributed by atoms with Gasteiger partial charge in [0.2, 0.25) is 0 Å². The molecule has 1 aliphatic heterocycles. The van der Waals surface area contributed by atoms with E-state index in [1.165, 1.54) is 12.8 Å². The lowest BCUT2D eigenvalue weighted by Gasteiger charge is -2.22. The number of fused-ring (bicyclic) bond motifs is 1. The fourth-order valence-electron chi connectivity index (χ4n) is 3.69. The standard InChI is InChI=1S/C21H31N3O2/c1-15(2)26-12-4-5-21(25)18-6-7-20-19(16(18)3)14-24(23-20)13-17-8-10-22-11-9-17/h6-7,14-15,17,22H,4-5,8-13H2,1-3H3. The third kappa shape index (κ3) is 4.71. The minimum Gasteiger partial charge on any atom is -0.379 e. The van der Waals surface area contributed by atoms with E-state index in [1.807, 2.05) is 32.9 Å². The summed E-state index contributed by atoms with van der Waals surface area (Å²) >= 11 is 0. The average Bonchev–Trinajstić information content (AvgIpc) is 3.03. The fraction of sp³-hybridized carbons (Fsp3) is 0.619. The highest BCUT2D eigenvalue weighted by Crippen LogP contribution is 2.24. The molecule has 0 amide bonds. The number of carbonyl (C=O) groups excluding carboxylic acids is 1. The predicted molar refractivity (Wildman–Crippen MR) is 105 cm³/mol. The van der Waals surface area contributed by atoms with Crippen LogP contribution in [0.3, 0.4) is 0 Å². The summed E-state index contributed by atoms with van der Waals surface area (Å²) in [5, 5.41) is 9.24. The molecule has 1 aliphatic rings. The highest BCUT2D eigenvalue weighted by atomic mass is 16.5. The Balaban J connectivity index is 1.68. The molecule has 0 unspecified atom stereocenters. The molecular weight excluding hydrogens is 326 g/mol. The molecule has 2 heterocycles. The van der Waals surface area contributed by atoms with Crippen molar-refractivity contribution in [1.29, 1.82) is 0 Å². The molecule has 0 bridgehead atoms. The van der Waals surface area contributed by atoms with E-state index in [2.05, 4.69) is 16.2 Å². The summed E-state index contributed by atoms with van der Waals surface area (Å²) in [6.07, 6.45) is 6.04. The monoisotopic (exact) mass is 357 g/mol. The van der Waals surface area contributed by atoms with Crippen LogP contribution in [0.5, 0.6) is 0 Å². The lowest BCUT2D eigenvalue weighted by molar-refractivity contribution is 0.0721. The number of hydrogen-bond donors (Lipinski definition) is 1. The minimum absolute atomic E-state index is 0.197. The van der Waals surface area contributed by atoms with Gasteiger partial charge in [0.05, 0.1) is 11.6 Å². The third-order valence-corrected chi connectivity index (χ3v) is 5.21. The second-order valence-electron chi connectivity index (χ2n) is 7.66. The molecule has 3 rings (SSSR count). The van der Waals surface area contributed by atoms with Gasteiger partial charge in [0.25, 0.3) is 0 Å². The molecule has 0 atom stereocenters. The van der Waals surface area contributed by atoms with E-state index >= 15 is 0 Å². The van der Waals surface area contributed by atoms with Crippen LogP contribution in [0, 0.1) is 12.8 Å². The van der Waals surface area contributed by atoms with Gasteiger partial charge in [-0.05, 0) is 76.7 Å². The SMILES string of the molecule is Cc1c(C(=O)CCCOC(C)C)ccc2nn(CC3CCNCC3)cc12. The van der Waals surface area contributed by atoms with Crippen LogP contribution in [0.2, 0.25) is 0 Å². The average molecular weight is 357 g/mol. The maximum Gasteiger partial charge on any atom is 0.163 e. The Morgan fingerprint density at radius 1 is 1.35 bits per heavy atom. The molecule has 0 spiro atoms. The lowest BCUT2D eigenvalue weighted by atomic mass is 9.98. The number of nitrogens with zero attached hydrogens (tertiary/aromatic N) is 2. The van der Waals surface area contributed by atoms with Crippen molar-refractivity contribution < 1.29 is 9.53 Å². The van der Waals surface area contributed by atoms with Crippen LogP contribution < -0.4 is 5.32 Å². The highest BCUT2D eigenvalue weighted by Gasteiger charge is 2.17. The maximum atomic E-state index is 12.6. The number of carbonyl (C=O) groups is 1. The lowest BCUT2D eigenvalue weighted by Crippen LogP contribution is -2.29. The van der Waals surface area contributed by atoms with E-state index in [-0.39, 0.29) is 11.9 Å². The van der Waals surface area contributed by atoms with Gasteiger partial charge in [-0.1, -0.05) is 0 Å². The van der Waals surface area contributed by atoms with E-state index in [0.29, 0.717) is 18.9 Å². The fourth-order valence-corrected chi connectivity index (χ4v) is 3.69. The topological polar surface area (TPSA) is 56.1 Å². The summed E-state index contributed by atoms with van der Waals surface area (Å²) < 4.78 is 7.60. The van der Waals surface area contributed by atoms with E-state index in [9.17, 15) is 4.79 Å². The molecule has 0 saturated carbocycles. The van der Waals surface area contributed by atoms with Crippen molar-refractivity contribution in [3.05, 3.63) is 29.5 Å². The van der Waals surface area contributed by atoms with E-state index in [4.69, 9.17) is 9.84 Å². The van der Waals surface area contributed by atoms with Crippen molar-refractivity contribution >= 4 is 16.7 Å². The number of nitrogens with one attached hydrogen (secondary N) is 1. The molecular formula is C21H31N3O2. The zero-order valence-corrected chi connectivity index (χ0v) is 16.3. The van der Waals surface area contributed by atoms with Gasteiger partial charge in [-0.2, -0.15) is 5.10 Å². The van der Waals surface area contributed by atoms with Crippen LogP contribution in [-0.2, 0) is 11.3 Å². The molecule has 2 aromatic rings. The maximum absolute atomic E-state index is 12.6. The van der Waals surface area contributed by atoms with Crippen molar-refractivity contribution in [2.24, 2.45) is 5.92 Å². The molecule has 26 heavy (non-hydrogen) atoms. The Morgan fingerprint density at radius 2 is 2.12 bits per heavy atom. The van der Waals surface area contributed by atoms with Crippen LogP contribution in [-0.4, -0.2) is 41.4 Å². The van der Waals surface area contributed by atoms with Crippen molar-refractivity contribution in [2.45, 2.75) is 59.1 Å². The number of benzene rings is 1. The van der Waals surface area contributed by atoms with Crippen molar-refractivity contribution in [1.82, 2.24) is 15.1 Å². The number of ketones is 1. The van der Waals surface area contributed by atoms with Gasteiger partial charge < -0.3 is 10.1 Å². The number of Topliss-reactive ketones (excluding diaryl/α,β-unsaturated/α-hetero) is 1. The Kier molecular flexibility index (Phi) is 6.43. The molecule has 1 aromatic heterocycles. The zero-order valence-electron chi connectivity index (χ0n) is 16.3. The van der Waals surface area contributed by atoms with Crippen LogP contribution in [0.25, 0.3) is 10.9 Å². The summed E-state index contributed by atoms with van der Waals surface area (Å²) in [6.45, 7) is 9.87. The smallest absolute Gasteiger partial charge is 0.163 e. The van der Waals surface area contributed by atoms with Gasteiger partial charge in [0.1, 0.15) is 0 Å². The summed E-state index contributed by atoms with van der Waals surface area (Å²) in [7, 11) is 0. The van der Waals surface area contributed by atoms with E-state index < -0.39 is 0 Å². The number of ether oxygens (including phenoxy) is 1. The number of piperidine rings is 1. The Morgan fingerprint density at radius 3 is 2.85 bits per heavy atom. The Hall–Kier alpha value is -1.72. The second-order valence-corrected chi connectivity index (χ2v) is 7.66. The van der Waals surface area contributed by atoms with Gasteiger partial charge in [-0.3, -0.25) is 9.48 Å². The summed E-state index contributed by atoms with van der Waals surface area (Å²) in [4.78, 5) is 12.6. The van der Waals surface area contributed by atoms with Crippen LogP contribution in [0.1, 0.15) is 55.5 Å². The molecule has 1 saturated heterocycles. The molecule has 1 fully saturated rings. The highest BCUT2D eigenvalue weighted by molar-refractivity contribution is 6.01. The summed E-state index contributed by atoms with van der Waals surface area (Å²) in [5.41, 5.74) is 2.86. The van der Waals surface area contributed by atoms with Crippen molar-refractivity contribution in [2.75, 3.05) is 19.7 Å². The number of hydrogen-bond acceptors (Lipinski definition) is 4. The first kappa shape index (κ1) is 19.1. The van der Waals surface area contributed by atoms with Gasteiger partial charge in [-0.15, -0.1) is 0 Å². The van der Waals surface area contributed by atoms with Gasteiger partial charge >= 0.3 is 0 Å². The summed E-state index contributed by atoms with van der Waals surface area (Å²) in [6, 6.07) is 3.92. The van der Waals surface area contributed by atoms with Gasteiger partial charge in [0.15, 0.2) is 5.78 Å². The summed E-state index contributed by atoms with van der Waals surface area (Å²) in [5.74, 6) is 0.885. The van der Waals surface area contributed by atoms with Crippen LogP contribution in [0.15, 0.2) is 18.3 Å². The van der Waals surface area contributed by atoms with Crippen molar-refractivity contribution in [3.8, 4) is 0 Å². The zero-order chi connectivity index (χ0) is 18.5. The first-order valence-corrected chi connectivity index (χ1v) is 9.87. The molecule has 142 valence electrons. The first-order valence-electron chi connectivity index (χ1n) is 9.87. The third-order valence-electron chi connectivity index (χ3n) is 5.21. The Bertz CT molecular complexity index is 745. The quantitative estimate of drug-likeness (QED) is 0.578. The molecule has 0 aliphatic carbocycles. The van der Waals surface area contributed by atoms with E-state index in [0.717, 1.165) is 48.1 Å². The van der Waals surface area contributed by atoms with E-state index in [1.54, 1.807) is 0 Å². The number of aryl methyl sites for hydroxylation is 1. The number of rotatable bonds is 8. The normalized spacial score (nSPS) is 15.8. The molecule has 1 N–H and O–H groups in total. The molecule has 1 aromatic carbocycles. The van der Waals surface area contributed by atoms with Crippen LogP contribution in [0.4, 0.5) is 0 Å².